The molecule has 0 atom stereocenters. The van der Waals surface area contributed by atoms with Crippen molar-refractivity contribution in [3.63, 3.8) is 0 Å². The van der Waals surface area contributed by atoms with E-state index in [0.717, 1.165) is 18.9 Å². The quantitative estimate of drug-likeness (QED) is 0.773. The second kappa shape index (κ2) is 4.92. The van der Waals surface area contributed by atoms with E-state index in [1.54, 1.807) is 0 Å². The predicted octanol–water partition coefficient (Wildman–Crippen LogP) is 2.95. The summed E-state index contributed by atoms with van der Waals surface area (Å²) in [6, 6.07) is 8.28. The summed E-state index contributed by atoms with van der Waals surface area (Å²) in [4.78, 5) is 2.55. The maximum atomic E-state index is 5.78. The van der Waals surface area contributed by atoms with Crippen LogP contribution in [0.15, 0.2) is 29.8 Å². The summed E-state index contributed by atoms with van der Waals surface area (Å²) in [5, 5.41) is 0. The minimum atomic E-state index is 0.757. The zero-order valence-electron chi connectivity index (χ0n) is 10.2. The monoisotopic (exact) mass is 229 g/mol. The molecule has 0 bridgehead atoms. The maximum Gasteiger partial charge on any atom is 0.127 e. The summed E-state index contributed by atoms with van der Waals surface area (Å²) in [5.74, 6) is 1.02. The first-order valence-electron chi connectivity index (χ1n) is 6.55. The molecule has 0 radical (unpaired) electrons. The summed E-state index contributed by atoms with van der Waals surface area (Å²) in [6.45, 7) is 4.33. The van der Waals surface area contributed by atoms with Crippen molar-refractivity contribution in [3.05, 3.63) is 35.4 Å². The molecule has 0 aliphatic carbocycles. The minimum absolute atomic E-state index is 0.757. The lowest BCUT2D eigenvalue weighted by Crippen LogP contribution is -2.32. The van der Waals surface area contributed by atoms with Crippen molar-refractivity contribution in [2.75, 3.05) is 26.2 Å². The van der Waals surface area contributed by atoms with E-state index in [-0.39, 0.29) is 0 Å². The predicted molar refractivity (Wildman–Crippen MR) is 70.2 cm³/mol. The lowest BCUT2D eigenvalue weighted by Gasteiger charge is -2.28. The molecule has 90 valence electrons. The van der Waals surface area contributed by atoms with E-state index in [1.165, 1.54) is 43.5 Å². The minimum Gasteiger partial charge on any atom is -0.489 e. The SMILES string of the molecule is C1=C(CN2CCCCC2)COc2ccccc21. The summed E-state index contributed by atoms with van der Waals surface area (Å²) in [7, 11) is 0. The van der Waals surface area contributed by atoms with Crippen molar-refractivity contribution < 1.29 is 4.74 Å². The molecule has 1 fully saturated rings. The van der Waals surface area contributed by atoms with Gasteiger partial charge in [-0.2, -0.15) is 0 Å². The van der Waals surface area contributed by atoms with Crippen LogP contribution in [-0.4, -0.2) is 31.1 Å². The van der Waals surface area contributed by atoms with E-state index in [1.807, 2.05) is 12.1 Å². The smallest absolute Gasteiger partial charge is 0.127 e. The molecule has 0 aromatic heterocycles. The summed E-state index contributed by atoms with van der Waals surface area (Å²) < 4.78 is 5.78. The largest absolute Gasteiger partial charge is 0.489 e. The molecule has 0 unspecified atom stereocenters. The zero-order valence-corrected chi connectivity index (χ0v) is 10.2. The van der Waals surface area contributed by atoms with Gasteiger partial charge in [-0.25, -0.2) is 0 Å². The van der Waals surface area contributed by atoms with Gasteiger partial charge in [0.2, 0.25) is 0 Å². The highest BCUT2D eigenvalue weighted by atomic mass is 16.5. The number of hydrogen-bond acceptors (Lipinski definition) is 2. The first-order chi connectivity index (χ1) is 8.42. The average molecular weight is 229 g/mol. The molecule has 17 heavy (non-hydrogen) atoms. The number of hydrogen-bond donors (Lipinski definition) is 0. The molecule has 1 aromatic carbocycles. The highest BCUT2D eigenvalue weighted by Gasteiger charge is 2.15. The van der Waals surface area contributed by atoms with Crippen LogP contribution in [0.1, 0.15) is 24.8 Å². The van der Waals surface area contributed by atoms with E-state index in [9.17, 15) is 0 Å². The molecule has 0 saturated carbocycles. The summed E-state index contributed by atoms with van der Waals surface area (Å²) in [5.41, 5.74) is 2.64. The molecule has 0 spiro atoms. The third kappa shape index (κ3) is 2.52. The van der Waals surface area contributed by atoms with Crippen molar-refractivity contribution >= 4 is 6.08 Å². The standard InChI is InChI=1S/C15H19NO/c1-4-8-16(9-5-1)11-13-10-14-6-2-3-7-15(14)17-12-13/h2-3,6-7,10H,1,4-5,8-9,11-12H2. The van der Waals surface area contributed by atoms with Gasteiger partial charge >= 0.3 is 0 Å². The number of likely N-dealkylation sites (tertiary alicyclic amines) is 1. The number of benzene rings is 1. The molecule has 1 saturated heterocycles. The van der Waals surface area contributed by atoms with Crippen molar-refractivity contribution in [2.24, 2.45) is 0 Å². The van der Waals surface area contributed by atoms with Gasteiger partial charge in [-0.15, -0.1) is 0 Å². The van der Waals surface area contributed by atoms with Gasteiger partial charge in [0, 0.05) is 12.1 Å². The average Bonchev–Trinajstić information content (AvgIpc) is 2.40. The third-order valence-electron chi connectivity index (χ3n) is 3.57. The fourth-order valence-electron chi connectivity index (χ4n) is 2.66. The molecule has 0 N–H and O–H groups in total. The van der Waals surface area contributed by atoms with E-state index in [0.29, 0.717) is 0 Å². The van der Waals surface area contributed by atoms with Crippen LogP contribution in [0, 0.1) is 0 Å². The van der Waals surface area contributed by atoms with E-state index in [2.05, 4.69) is 23.1 Å². The fourth-order valence-corrected chi connectivity index (χ4v) is 2.66. The van der Waals surface area contributed by atoms with Crippen LogP contribution in [-0.2, 0) is 0 Å². The molecule has 2 aliphatic rings. The van der Waals surface area contributed by atoms with Crippen molar-refractivity contribution in [1.82, 2.24) is 4.90 Å². The Kier molecular flexibility index (Phi) is 3.14. The van der Waals surface area contributed by atoms with Crippen LogP contribution in [0.5, 0.6) is 5.75 Å². The number of para-hydroxylation sites is 1. The Morgan fingerprint density at radius 3 is 2.76 bits per heavy atom. The first-order valence-corrected chi connectivity index (χ1v) is 6.55. The van der Waals surface area contributed by atoms with Gasteiger partial charge in [0.25, 0.3) is 0 Å². The first kappa shape index (κ1) is 10.8. The van der Waals surface area contributed by atoms with Gasteiger partial charge in [0.15, 0.2) is 0 Å². The van der Waals surface area contributed by atoms with E-state index < -0.39 is 0 Å². The summed E-state index contributed by atoms with van der Waals surface area (Å²) >= 11 is 0. The van der Waals surface area contributed by atoms with Crippen LogP contribution in [0.3, 0.4) is 0 Å². The van der Waals surface area contributed by atoms with Crippen LogP contribution >= 0.6 is 0 Å². The Morgan fingerprint density at radius 2 is 1.88 bits per heavy atom. The fraction of sp³-hybridized carbons (Fsp3) is 0.467. The Morgan fingerprint density at radius 1 is 1.06 bits per heavy atom. The molecule has 2 heterocycles. The molecular formula is C15H19NO. The topological polar surface area (TPSA) is 12.5 Å². The maximum absolute atomic E-state index is 5.78. The number of nitrogens with zero attached hydrogens (tertiary/aromatic N) is 1. The van der Waals surface area contributed by atoms with E-state index >= 15 is 0 Å². The second-order valence-corrected chi connectivity index (χ2v) is 4.97. The highest BCUT2D eigenvalue weighted by molar-refractivity contribution is 5.62. The second-order valence-electron chi connectivity index (χ2n) is 4.97. The van der Waals surface area contributed by atoms with Crippen molar-refractivity contribution in [3.8, 4) is 5.75 Å². The Bertz CT molecular complexity index is 419. The van der Waals surface area contributed by atoms with Gasteiger partial charge in [-0.1, -0.05) is 24.6 Å². The number of fused-ring (bicyclic) bond motifs is 1. The third-order valence-corrected chi connectivity index (χ3v) is 3.57. The molecular weight excluding hydrogens is 210 g/mol. The van der Waals surface area contributed by atoms with Gasteiger partial charge in [0.05, 0.1) is 0 Å². The molecule has 2 aliphatic heterocycles. The van der Waals surface area contributed by atoms with E-state index in [4.69, 9.17) is 4.74 Å². The van der Waals surface area contributed by atoms with Crippen molar-refractivity contribution in [2.45, 2.75) is 19.3 Å². The normalized spacial score (nSPS) is 20.4. The van der Waals surface area contributed by atoms with Gasteiger partial charge < -0.3 is 4.74 Å². The molecule has 1 aromatic rings. The van der Waals surface area contributed by atoms with Crippen molar-refractivity contribution in [1.29, 1.82) is 0 Å². The molecule has 0 amide bonds. The Balaban J connectivity index is 1.70. The zero-order chi connectivity index (χ0) is 11.5. The summed E-state index contributed by atoms with van der Waals surface area (Å²) in [6.07, 6.45) is 6.40. The number of ether oxygens (including phenoxy) is 1. The van der Waals surface area contributed by atoms with Crippen LogP contribution in [0.2, 0.25) is 0 Å². The lowest BCUT2D eigenvalue weighted by atomic mass is 10.1. The lowest BCUT2D eigenvalue weighted by molar-refractivity contribution is 0.234. The highest BCUT2D eigenvalue weighted by Crippen LogP contribution is 2.26. The van der Waals surface area contributed by atoms with Gasteiger partial charge in [0.1, 0.15) is 12.4 Å². The molecule has 3 rings (SSSR count). The van der Waals surface area contributed by atoms with Crippen LogP contribution < -0.4 is 4.74 Å². The van der Waals surface area contributed by atoms with Crippen LogP contribution in [0.25, 0.3) is 6.08 Å². The molecule has 2 nitrogen and oxygen atoms in total. The number of piperidine rings is 1. The van der Waals surface area contributed by atoms with Gasteiger partial charge in [-0.3, -0.25) is 4.90 Å². The number of rotatable bonds is 2. The van der Waals surface area contributed by atoms with Gasteiger partial charge in [-0.05, 0) is 43.6 Å². The van der Waals surface area contributed by atoms with Crippen LogP contribution in [0.4, 0.5) is 0 Å². The Labute approximate surface area is 103 Å². The molecule has 2 heteroatoms. The Hall–Kier alpha value is -1.28.